The molecule has 238 valence electrons. The fourth-order valence-corrected chi connectivity index (χ4v) is 8.27. The Morgan fingerprint density at radius 3 is 2.13 bits per heavy atom. The zero-order valence-corrected chi connectivity index (χ0v) is 27.8. The van der Waals surface area contributed by atoms with Crippen molar-refractivity contribution in [2.75, 3.05) is 13.1 Å². The van der Waals surface area contributed by atoms with Gasteiger partial charge in [0.15, 0.2) is 0 Å². The first kappa shape index (κ1) is 29.6. The second-order valence-corrected chi connectivity index (χ2v) is 16.0. The average Bonchev–Trinajstić information content (AvgIpc) is 3.81. The van der Waals surface area contributed by atoms with Crippen LogP contribution in [0, 0.1) is 22.7 Å². The number of H-pyrrole nitrogens is 2. The largest absolute Gasteiger partial charge is 0.341 e. The monoisotopic (exact) mass is 612 g/mol. The Balaban J connectivity index is 1.07. The number of hydrogen-bond acceptors (Lipinski definition) is 4. The predicted molar refractivity (Wildman–Crippen MR) is 189 cm³/mol. The number of aromatic amines is 2. The lowest BCUT2D eigenvalue weighted by Crippen LogP contribution is -2.27. The van der Waals surface area contributed by atoms with Crippen LogP contribution in [0.5, 0.6) is 0 Å². The maximum atomic E-state index is 4.97. The van der Waals surface area contributed by atoms with Crippen LogP contribution in [0.2, 0.25) is 0 Å². The molecule has 2 aliphatic heterocycles. The summed E-state index contributed by atoms with van der Waals surface area (Å²) in [5.74, 6) is 3.37. The van der Waals surface area contributed by atoms with Gasteiger partial charge in [-0.05, 0) is 107 Å². The van der Waals surface area contributed by atoms with E-state index in [-0.39, 0.29) is 0 Å². The van der Waals surface area contributed by atoms with Crippen molar-refractivity contribution in [3.05, 3.63) is 95.7 Å². The van der Waals surface area contributed by atoms with Gasteiger partial charge >= 0.3 is 0 Å². The van der Waals surface area contributed by atoms with Gasteiger partial charge in [-0.3, -0.25) is 0 Å². The van der Waals surface area contributed by atoms with Gasteiger partial charge in [-0.25, -0.2) is 9.97 Å². The lowest BCUT2D eigenvalue weighted by Gasteiger charge is -2.39. The maximum absolute atomic E-state index is 4.97. The summed E-state index contributed by atoms with van der Waals surface area (Å²) in [6, 6.07) is 16.3. The molecular formula is C40H48N6. The van der Waals surface area contributed by atoms with Crippen molar-refractivity contribution in [2.24, 2.45) is 22.7 Å². The molecule has 2 aromatic carbocycles. The van der Waals surface area contributed by atoms with Crippen LogP contribution in [0.1, 0.15) is 101 Å². The number of fused-ring (bicyclic) bond motifs is 2. The van der Waals surface area contributed by atoms with Crippen LogP contribution < -0.4 is 10.6 Å². The van der Waals surface area contributed by atoms with E-state index in [0.717, 1.165) is 66.3 Å². The third kappa shape index (κ3) is 5.60. The molecule has 6 nitrogen and oxygen atoms in total. The van der Waals surface area contributed by atoms with Gasteiger partial charge in [0.1, 0.15) is 11.6 Å². The fraction of sp³-hybridized carbons (Fsp3) is 0.450. The van der Waals surface area contributed by atoms with Crippen molar-refractivity contribution >= 4 is 22.2 Å². The third-order valence-corrected chi connectivity index (χ3v) is 11.2. The minimum Gasteiger partial charge on any atom is -0.341 e. The minimum absolute atomic E-state index is 0.291. The van der Waals surface area contributed by atoms with Crippen molar-refractivity contribution in [2.45, 2.75) is 78.3 Å². The normalized spacial score (nSPS) is 29.6. The Hall–Kier alpha value is -3.74. The molecular weight excluding hydrogens is 564 g/mol. The molecule has 4 aliphatic rings. The van der Waals surface area contributed by atoms with Crippen molar-refractivity contribution in [3.8, 4) is 11.3 Å². The molecule has 2 saturated heterocycles. The van der Waals surface area contributed by atoms with Crippen molar-refractivity contribution in [3.63, 3.8) is 0 Å². The summed E-state index contributed by atoms with van der Waals surface area (Å²) in [7, 11) is 0. The van der Waals surface area contributed by atoms with Crippen LogP contribution in [-0.4, -0.2) is 33.0 Å². The van der Waals surface area contributed by atoms with Crippen molar-refractivity contribution in [1.29, 1.82) is 0 Å². The summed E-state index contributed by atoms with van der Waals surface area (Å²) in [6.45, 7) is 16.0. The Labute approximate surface area is 273 Å². The summed E-state index contributed by atoms with van der Waals surface area (Å²) in [5, 5.41) is 7.29. The quantitative estimate of drug-likeness (QED) is 0.181. The second-order valence-electron chi connectivity index (χ2n) is 16.0. The van der Waals surface area contributed by atoms with Crippen LogP contribution in [-0.2, 0) is 0 Å². The van der Waals surface area contributed by atoms with Crippen molar-refractivity contribution < 1.29 is 0 Å². The van der Waals surface area contributed by atoms with Gasteiger partial charge in [-0.2, -0.15) is 0 Å². The van der Waals surface area contributed by atoms with E-state index in [0.29, 0.717) is 34.7 Å². The molecule has 4 heterocycles. The first-order chi connectivity index (χ1) is 22.1. The Bertz CT molecular complexity index is 1850. The number of allylic oxidation sites excluding steroid dienone is 5. The SMILES string of the molecule is C=C1/C(c2ccc(-c3cnc([C@@H]4CC(C)(C)CN4)[nH]3)cc2)=C\C=C(\c2ccc3nc([C@@H]4CC(C)(C)CN4)[nH]c3c2)CCC2CCC12. The molecule has 3 fully saturated rings. The molecule has 1 saturated carbocycles. The van der Waals surface area contributed by atoms with E-state index < -0.39 is 0 Å². The zero-order valence-electron chi connectivity index (χ0n) is 27.8. The number of aromatic nitrogens is 4. The summed E-state index contributed by atoms with van der Waals surface area (Å²) in [5.41, 5.74) is 11.5. The molecule has 2 unspecified atom stereocenters. The van der Waals surface area contributed by atoms with Crippen LogP contribution >= 0.6 is 0 Å². The van der Waals surface area contributed by atoms with E-state index in [2.05, 4.69) is 109 Å². The molecule has 0 spiro atoms. The van der Waals surface area contributed by atoms with E-state index in [1.807, 2.05) is 6.20 Å². The molecule has 2 aromatic heterocycles. The Kier molecular flexibility index (Phi) is 7.22. The van der Waals surface area contributed by atoms with Crippen molar-refractivity contribution in [1.82, 2.24) is 30.6 Å². The summed E-state index contributed by atoms with van der Waals surface area (Å²) in [4.78, 5) is 17.0. The molecule has 46 heavy (non-hydrogen) atoms. The van der Waals surface area contributed by atoms with Crippen LogP contribution in [0.4, 0.5) is 0 Å². The van der Waals surface area contributed by atoms with Gasteiger partial charge in [0.25, 0.3) is 0 Å². The van der Waals surface area contributed by atoms with Crippen LogP contribution in [0.15, 0.2) is 73.0 Å². The number of hydrogen-bond donors (Lipinski definition) is 4. The molecule has 6 heteroatoms. The molecule has 0 bridgehead atoms. The first-order valence-corrected chi connectivity index (χ1v) is 17.3. The molecule has 4 atom stereocenters. The van der Waals surface area contributed by atoms with Gasteiger partial charge < -0.3 is 20.6 Å². The van der Waals surface area contributed by atoms with Crippen LogP contribution in [0.25, 0.3) is 33.4 Å². The maximum Gasteiger partial charge on any atom is 0.124 e. The molecule has 4 N–H and O–H groups in total. The van der Waals surface area contributed by atoms with E-state index in [9.17, 15) is 0 Å². The Morgan fingerprint density at radius 1 is 0.761 bits per heavy atom. The molecule has 0 radical (unpaired) electrons. The summed E-state index contributed by atoms with van der Waals surface area (Å²) >= 11 is 0. The molecule has 8 rings (SSSR count). The van der Waals surface area contributed by atoms with Gasteiger partial charge in [0.2, 0.25) is 0 Å². The highest BCUT2D eigenvalue weighted by Gasteiger charge is 2.36. The van der Waals surface area contributed by atoms with E-state index in [1.165, 1.54) is 47.1 Å². The van der Waals surface area contributed by atoms with E-state index in [1.54, 1.807) is 0 Å². The third-order valence-electron chi connectivity index (χ3n) is 11.2. The van der Waals surface area contributed by atoms with Crippen LogP contribution in [0.3, 0.4) is 0 Å². The molecule has 0 amide bonds. The highest BCUT2D eigenvalue weighted by molar-refractivity contribution is 5.85. The number of nitrogens with zero attached hydrogens (tertiary/aromatic N) is 2. The lowest BCUT2D eigenvalue weighted by atomic mass is 9.66. The van der Waals surface area contributed by atoms with Gasteiger partial charge in [-0.15, -0.1) is 0 Å². The smallest absolute Gasteiger partial charge is 0.124 e. The second kappa shape index (κ2) is 11.2. The fourth-order valence-electron chi connectivity index (χ4n) is 8.27. The average molecular weight is 613 g/mol. The highest BCUT2D eigenvalue weighted by Crippen LogP contribution is 2.48. The number of nitrogens with one attached hydrogen (secondary N) is 4. The number of imidazole rings is 2. The number of rotatable bonds is 5. The summed E-state index contributed by atoms with van der Waals surface area (Å²) in [6.07, 6.45) is 13.7. The number of benzene rings is 2. The zero-order chi connectivity index (χ0) is 31.6. The standard InChI is InChI=1S/C40H48N6/c1-24-30(26-8-10-28(11-9-26)36-21-41-37(46-36)34-19-39(2,3)22-42-34)15-12-25(6-7-27-13-16-31(24)27)29-14-17-32-33(18-29)45-38(44-32)35-20-40(4,5)23-43-35/h8-12,14-15,17-18,21,27,31,34-35,42-43H,1,6-7,13,16,19-20,22-23H2,2-5H3,(H,41,46)(H,44,45)/b25-12+,30-15+/t27?,31?,34-,35-/m0/s1. The highest BCUT2D eigenvalue weighted by atomic mass is 15.1. The minimum atomic E-state index is 0.291. The Morgan fingerprint density at radius 2 is 1.46 bits per heavy atom. The van der Waals surface area contributed by atoms with E-state index >= 15 is 0 Å². The van der Waals surface area contributed by atoms with Gasteiger partial charge in [0, 0.05) is 13.1 Å². The molecule has 2 aliphatic carbocycles. The van der Waals surface area contributed by atoms with Gasteiger partial charge in [-0.1, -0.05) is 76.8 Å². The topological polar surface area (TPSA) is 81.4 Å². The van der Waals surface area contributed by atoms with E-state index in [4.69, 9.17) is 9.97 Å². The molecule has 4 aromatic rings. The first-order valence-electron chi connectivity index (χ1n) is 17.3. The van der Waals surface area contributed by atoms with Gasteiger partial charge in [0.05, 0.1) is 35.0 Å². The lowest BCUT2D eigenvalue weighted by molar-refractivity contribution is 0.208. The predicted octanol–water partition coefficient (Wildman–Crippen LogP) is 8.92. The summed E-state index contributed by atoms with van der Waals surface area (Å²) < 4.78 is 0.